The summed E-state index contributed by atoms with van der Waals surface area (Å²) in [4.78, 5) is 93.3. The van der Waals surface area contributed by atoms with Crippen LogP contribution in [0.25, 0.3) is 0 Å². The number of hydrogen-bond acceptors (Lipinski definition) is 13. The number of amides is 4. The standard InChI is InChI=1S/C28H47N3O6.C10H13NO.C8H18.C5H12.C4H10.C3H8.C2H7N.C2H6.CH3NO.3CH4O/c1-7-11-21(2)18-31(24(5)20-33)27(36)14-13-25(34)23(4)17-29-26(35)12-9-8-10-15-30(6)28(37)16-22(3)19-32;1-11-10(8-12)7-9-5-3-2-4-6-9;1-5-6-7-8(2,3)4;1-4-5(2)3;1-4(2)3;2*1-3-2;1-2;2-1-3;3*1-2/h19-20,22-24H,2,7-18H2,1,3-6H3,(H,29,35);2-6,8,10-11H,7H2,1H3;5-7H2,1-4H3;5H,4H2,1-3H3;4H,1-3H3;3H2,1-2H3;3H,1-2H3;1-2H3;1H,(H2,2,3);3*2H,1H3/t22?,23-,24?;;;;;;;;;;;/m1.........../s1. The number of aliphatic hydroxyl groups excluding tert-OH is 3. The molecular formula is C66H136N6O11. The largest absolute Gasteiger partial charge is 0.400 e. The first kappa shape index (κ1) is 103. The topological polar surface area (TPSA) is 266 Å². The van der Waals surface area contributed by atoms with Gasteiger partial charge in [0, 0.05) is 85.5 Å². The van der Waals surface area contributed by atoms with Crippen molar-refractivity contribution >= 4 is 48.8 Å². The average molecular weight is 1190 g/mol. The van der Waals surface area contributed by atoms with Crippen molar-refractivity contribution in [2.75, 3.05) is 69.2 Å². The number of nitrogens with two attached hydrogens (primary N) is 1. The molecule has 0 aliphatic heterocycles. The number of rotatable bonds is 28. The fraction of sp³-hybridized carbons (Fsp3) is 0.758. The molecule has 1 aromatic carbocycles. The molecule has 1 aromatic rings. The van der Waals surface area contributed by atoms with E-state index in [0.717, 1.165) is 83.4 Å². The Kier molecular flexibility index (Phi) is 104. The molecule has 0 radical (unpaired) electrons. The van der Waals surface area contributed by atoms with E-state index < -0.39 is 12.0 Å². The van der Waals surface area contributed by atoms with Crippen molar-refractivity contribution in [1.29, 1.82) is 0 Å². The van der Waals surface area contributed by atoms with Gasteiger partial charge in [0.1, 0.15) is 24.6 Å². The van der Waals surface area contributed by atoms with E-state index in [9.17, 15) is 33.6 Å². The van der Waals surface area contributed by atoms with Crippen molar-refractivity contribution in [3.63, 3.8) is 0 Å². The van der Waals surface area contributed by atoms with E-state index in [1.165, 1.54) is 42.6 Å². The molecule has 0 bridgehead atoms. The van der Waals surface area contributed by atoms with Crippen molar-refractivity contribution in [3.8, 4) is 0 Å². The molecule has 4 atom stereocenters. The predicted octanol–water partition coefficient (Wildman–Crippen LogP) is 11.3. The second-order valence-corrected chi connectivity index (χ2v) is 21.3. The summed E-state index contributed by atoms with van der Waals surface area (Å²) in [6.45, 7) is 42.7. The molecular weight excluding hydrogens is 1050 g/mol. The number of nitrogens with zero attached hydrogens (tertiary/aromatic N) is 2. The van der Waals surface area contributed by atoms with E-state index in [0.29, 0.717) is 37.6 Å². The van der Waals surface area contributed by atoms with Crippen LogP contribution in [-0.4, -0.2) is 155 Å². The molecule has 0 aromatic heterocycles. The highest BCUT2D eigenvalue weighted by atomic mass is 16.2. The number of primary amides is 1. The Bertz CT molecular complexity index is 1520. The third-order valence-electron chi connectivity index (χ3n) is 10.2. The number of Topliss-reactive ketones (excluding diaryl/α,β-unsaturated/α-hetero) is 1. The van der Waals surface area contributed by atoms with Crippen LogP contribution in [0, 0.1) is 29.1 Å². The van der Waals surface area contributed by atoms with Gasteiger partial charge in [0.25, 0.3) is 0 Å². The molecule has 8 N–H and O–H groups in total. The number of likely N-dealkylation sites (N-methyl/N-ethyl adjacent to an activating group) is 1. The van der Waals surface area contributed by atoms with Gasteiger partial charge in [-0.2, -0.15) is 0 Å². The lowest BCUT2D eigenvalue weighted by atomic mass is 9.90. The fourth-order valence-corrected chi connectivity index (χ4v) is 5.50. The van der Waals surface area contributed by atoms with Gasteiger partial charge in [-0.25, -0.2) is 0 Å². The number of benzene rings is 1. The molecule has 0 saturated heterocycles. The minimum Gasteiger partial charge on any atom is -0.400 e. The summed E-state index contributed by atoms with van der Waals surface area (Å²) < 4.78 is 0. The van der Waals surface area contributed by atoms with Crippen molar-refractivity contribution in [2.45, 2.75) is 233 Å². The fourth-order valence-electron chi connectivity index (χ4n) is 5.50. The maximum Gasteiger partial charge on any atom is 0.223 e. The van der Waals surface area contributed by atoms with Gasteiger partial charge in [-0.05, 0) is 83.0 Å². The first-order chi connectivity index (χ1) is 39.1. The third kappa shape index (κ3) is 96.8. The zero-order valence-corrected chi connectivity index (χ0v) is 58.2. The van der Waals surface area contributed by atoms with E-state index in [2.05, 4.69) is 111 Å². The number of carbonyl (C=O) groups is 8. The number of aldehydes is 3. The summed E-state index contributed by atoms with van der Waals surface area (Å²) >= 11 is 0. The van der Waals surface area contributed by atoms with Gasteiger partial charge < -0.3 is 61.2 Å². The van der Waals surface area contributed by atoms with Gasteiger partial charge in [0.15, 0.2) is 0 Å². The number of carbonyl (C=O) groups excluding carboxylic acids is 8. The Morgan fingerprint density at radius 1 is 0.687 bits per heavy atom. The van der Waals surface area contributed by atoms with Gasteiger partial charge in [-0.1, -0.05) is 199 Å². The minimum absolute atomic E-state index is 0.0136. The number of nitrogens with one attached hydrogen (secondary N) is 3. The van der Waals surface area contributed by atoms with E-state index >= 15 is 0 Å². The quantitative estimate of drug-likeness (QED) is 0.0234. The maximum atomic E-state index is 12.7. The summed E-state index contributed by atoms with van der Waals surface area (Å²) in [5, 5.41) is 29.5. The molecule has 4 amide bonds. The summed E-state index contributed by atoms with van der Waals surface area (Å²) in [7, 11) is 10.3. The van der Waals surface area contributed by atoms with Crippen LogP contribution in [0.4, 0.5) is 0 Å². The van der Waals surface area contributed by atoms with Gasteiger partial charge in [-0.15, -0.1) is 0 Å². The molecule has 0 spiro atoms. The highest BCUT2D eigenvalue weighted by molar-refractivity contribution is 5.88. The van der Waals surface area contributed by atoms with E-state index in [1.54, 1.807) is 39.8 Å². The molecule has 3 unspecified atom stereocenters. The Hall–Kier alpha value is -4.68. The van der Waals surface area contributed by atoms with Crippen LogP contribution in [0.2, 0.25) is 0 Å². The first-order valence-electron chi connectivity index (χ1n) is 30.3. The summed E-state index contributed by atoms with van der Waals surface area (Å²) in [5.74, 6) is 0.437. The lowest BCUT2D eigenvalue weighted by molar-refractivity contribution is -0.137. The van der Waals surface area contributed by atoms with E-state index in [4.69, 9.17) is 20.1 Å². The van der Waals surface area contributed by atoms with Crippen molar-refractivity contribution in [2.24, 2.45) is 34.8 Å². The number of unbranched alkanes of at least 4 members (excludes halogenated alkanes) is 3. The van der Waals surface area contributed by atoms with Crippen LogP contribution in [0.5, 0.6) is 0 Å². The minimum atomic E-state index is -0.583. The molecule has 17 heteroatoms. The highest BCUT2D eigenvalue weighted by Crippen LogP contribution is 2.21. The van der Waals surface area contributed by atoms with Crippen LogP contribution in [-0.2, 0) is 44.8 Å². The molecule has 1 rings (SSSR count). The molecule has 0 heterocycles. The highest BCUT2D eigenvalue weighted by Gasteiger charge is 2.23. The van der Waals surface area contributed by atoms with Crippen LogP contribution < -0.4 is 21.7 Å². The van der Waals surface area contributed by atoms with Crippen molar-refractivity contribution in [3.05, 3.63) is 48.0 Å². The molecule has 0 aliphatic carbocycles. The third-order valence-corrected chi connectivity index (χ3v) is 10.2. The smallest absolute Gasteiger partial charge is 0.223 e. The van der Waals surface area contributed by atoms with Gasteiger partial charge >= 0.3 is 0 Å². The Balaban J connectivity index is -0.000000101. The van der Waals surface area contributed by atoms with Crippen LogP contribution in [0.1, 0.15) is 220 Å². The Morgan fingerprint density at radius 2 is 1.14 bits per heavy atom. The van der Waals surface area contributed by atoms with E-state index in [-0.39, 0.29) is 67.7 Å². The van der Waals surface area contributed by atoms with Crippen LogP contribution >= 0.6 is 0 Å². The molecule has 0 aliphatic rings. The zero-order valence-electron chi connectivity index (χ0n) is 58.2. The SMILES string of the molecule is C=C(CCC)CN(C(=O)CCC(=O)[C@H](C)CNC(=O)CCCCCN(C)C(=O)CC(C)C=O)C(C)C=O.CC.CC(C)C.CCC.CCC(C)C.CCCCC(C)(C)C.CNC.CNC(C=O)Cc1ccccc1.CO.CO.CO.NC=O. The predicted molar refractivity (Wildman–Crippen MR) is 354 cm³/mol. The monoisotopic (exact) mass is 1190 g/mol. The lowest BCUT2D eigenvalue weighted by Gasteiger charge is -2.27. The average Bonchev–Trinajstić information content (AvgIpc) is 3.46. The summed E-state index contributed by atoms with van der Waals surface area (Å²) in [5.41, 5.74) is 6.77. The zero-order chi connectivity index (χ0) is 67.8. The second kappa shape index (κ2) is 83.8. The molecule has 0 saturated carbocycles. The Morgan fingerprint density at radius 3 is 1.49 bits per heavy atom. The second-order valence-electron chi connectivity index (χ2n) is 21.3. The molecule has 496 valence electrons. The normalized spacial score (nSPS) is 10.7. The van der Waals surface area contributed by atoms with Gasteiger partial charge in [-0.3, -0.25) is 24.0 Å². The van der Waals surface area contributed by atoms with Crippen LogP contribution in [0.15, 0.2) is 42.5 Å². The van der Waals surface area contributed by atoms with Crippen LogP contribution in [0.3, 0.4) is 0 Å². The van der Waals surface area contributed by atoms with Crippen molar-refractivity contribution in [1.82, 2.24) is 25.8 Å². The summed E-state index contributed by atoms with van der Waals surface area (Å²) in [6, 6.07) is 9.33. The first-order valence-corrected chi connectivity index (χ1v) is 30.3. The summed E-state index contributed by atoms with van der Waals surface area (Å²) in [6.07, 6.45) is 14.6. The number of aliphatic hydroxyl groups is 3. The lowest BCUT2D eigenvalue weighted by Crippen LogP contribution is -2.41. The molecule has 83 heavy (non-hydrogen) atoms. The number of hydrogen-bond donors (Lipinski definition) is 7. The van der Waals surface area contributed by atoms with Crippen molar-refractivity contribution < 1.29 is 53.7 Å². The molecule has 17 nitrogen and oxygen atoms in total. The maximum absolute atomic E-state index is 12.7. The van der Waals surface area contributed by atoms with Gasteiger partial charge in [0.2, 0.25) is 24.1 Å². The number of ketones is 1. The Labute approximate surface area is 511 Å². The van der Waals surface area contributed by atoms with E-state index in [1.807, 2.05) is 65.2 Å². The molecule has 0 fully saturated rings. The van der Waals surface area contributed by atoms with Gasteiger partial charge in [0.05, 0.1) is 12.1 Å².